The number of hydrogen-bond donors (Lipinski definition) is 1. The fraction of sp³-hybridized carbons (Fsp3) is 0.545. The highest BCUT2D eigenvalue weighted by molar-refractivity contribution is 7.71. The normalized spacial score (nSPS) is 22.9. The summed E-state index contributed by atoms with van der Waals surface area (Å²) in [4.78, 5) is 11.5. The number of nitrogens with one attached hydrogen (secondary N) is 1. The lowest BCUT2D eigenvalue weighted by Gasteiger charge is -2.03. The molecule has 2 heterocycles. The molecule has 2 aromatic heterocycles. The van der Waals surface area contributed by atoms with Crippen LogP contribution in [0.1, 0.15) is 13.3 Å². The highest BCUT2D eigenvalue weighted by Crippen LogP contribution is 2.39. The summed E-state index contributed by atoms with van der Waals surface area (Å²) >= 11 is 5.33. The monoisotopic (exact) mass is 250 g/mol. The third-order valence-electron chi connectivity index (χ3n) is 3.41. The zero-order valence-corrected chi connectivity index (χ0v) is 10.6. The molecule has 1 aliphatic carbocycles. The number of hydrogen-bond acceptors (Lipinski definition) is 4. The van der Waals surface area contributed by atoms with Gasteiger partial charge in [-0.1, -0.05) is 6.92 Å². The van der Waals surface area contributed by atoms with Crippen molar-refractivity contribution in [3.63, 3.8) is 0 Å². The first kappa shape index (κ1) is 10.7. The molecular formula is C11H14N4OS. The number of imidazole rings is 1. The van der Waals surface area contributed by atoms with Gasteiger partial charge in [0.2, 0.25) is 5.88 Å². The number of fused-ring (bicyclic) bond motifs is 1. The molecule has 1 saturated carbocycles. The standard InChI is InChI=1S/C11H14N4OS/c1-6-3-7(6)4-15-9-8(14-11(15)17)10(16-2)13-5-12-9/h5-7H,3-4H2,1-2H3,(H,14,17). The summed E-state index contributed by atoms with van der Waals surface area (Å²) in [6.07, 6.45) is 2.78. The maximum Gasteiger partial charge on any atom is 0.242 e. The summed E-state index contributed by atoms with van der Waals surface area (Å²) in [5.74, 6) is 2.07. The minimum atomic E-state index is 0.545. The molecule has 0 aromatic carbocycles. The first-order valence-corrected chi connectivity index (χ1v) is 6.09. The number of H-pyrrole nitrogens is 1. The van der Waals surface area contributed by atoms with Crippen molar-refractivity contribution in [2.75, 3.05) is 7.11 Å². The second-order valence-electron chi connectivity index (χ2n) is 4.60. The van der Waals surface area contributed by atoms with Crippen LogP contribution in [0.2, 0.25) is 0 Å². The van der Waals surface area contributed by atoms with Crippen molar-refractivity contribution >= 4 is 23.4 Å². The quantitative estimate of drug-likeness (QED) is 0.848. The van der Waals surface area contributed by atoms with Crippen LogP contribution < -0.4 is 4.74 Å². The molecule has 90 valence electrons. The van der Waals surface area contributed by atoms with Gasteiger partial charge in [-0.2, -0.15) is 4.98 Å². The Hall–Kier alpha value is -1.43. The maximum absolute atomic E-state index is 5.33. The third-order valence-corrected chi connectivity index (χ3v) is 3.73. The Bertz CT molecular complexity index is 617. The molecule has 6 heteroatoms. The van der Waals surface area contributed by atoms with Crippen LogP contribution in [0.4, 0.5) is 0 Å². The number of nitrogens with zero attached hydrogens (tertiary/aromatic N) is 3. The van der Waals surface area contributed by atoms with Crippen molar-refractivity contribution in [1.29, 1.82) is 0 Å². The first-order valence-electron chi connectivity index (χ1n) is 5.68. The Labute approximate surface area is 104 Å². The summed E-state index contributed by atoms with van der Waals surface area (Å²) in [7, 11) is 1.60. The topological polar surface area (TPSA) is 55.7 Å². The fourth-order valence-corrected chi connectivity index (χ4v) is 2.42. The molecular weight excluding hydrogens is 236 g/mol. The van der Waals surface area contributed by atoms with Crippen molar-refractivity contribution in [3.05, 3.63) is 11.1 Å². The van der Waals surface area contributed by atoms with Gasteiger partial charge in [0.05, 0.1) is 7.11 Å². The fourth-order valence-electron chi connectivity index (χ4n) is 2.16. The van der Waals surface area contributed by atoms with Gasteiger partial charge in [0, 0.05) is 6.54 Å². The number of rotatable bonds is 3. The molecule has 0 amide bonds. The molecule has 17 heavy (non-hydrogen) atoms. The van der Waals surface area contributed by atoms with Gasteiger partial charge < -0.3 is 14.3 Å². The molecule has 5 nitrogen and oxygen atoms in total. The largest absolute Gasteiger partial charge is 0.479 e. The van der Waals surface area contributed by atoms with Crippen LogP contribution in [0, 0.1) is 16.6 Å². The zero-order valence-electron chi connectivity index (χ0n) is 9.80. The van der Waals surface area contributed by atoms with Crippen LogP contribution in [0.15, 0.2) is 6.33 Å². The van der Waals surface area contributed by atoms with Gasteiger partial charge >= 0.3 is 0 Å². The third kappa shape index (κ3) is 1.72. The van der Waals surface area contributed by atoms with E-state index < -0.39 is 0 Å². The SMILES string of the molecule is COc1ncnc2c1[nH]c(=S)n2CC1CC1C. The molecule has 0 saturated heterocycles. The van der Waals surface area contributed by atoms with Crippen LogP contribution >= 0.6 is 12.2 Å². The van der Waals surface area contributed by atoms with Crippen LogP contribution in [-0.4, -0.2) is 26.6 Å². The Balaban J connectivity index is 2.11. The van der Waals surface area contributed by atoms with E-state index in [0.717, 1.165) is 29.5 Å². The molecule has 1 aliphatic rings. The molecule has 2 unspecified atom stereocenters. The summed E-state index contributed by atoms with van der Waals surface area (Å²) in [5, 5.41) is 0. The van der Waals surface area contributed by atoms with E-state index in [1.807, 2.05) is 4.57 Å². The van der Waals surface area contributed by atoms with Crippen LogP contribution in [0.25, 0.3) is 11.2 Å². The number of methoxy groups -OCH3 is 1. The van der Waals surface area contributed by atoms with E-state index in [1.165, 1.54) is 12.7 Å². The van der Waals surface area contributed by atoms with E-state index in [2.05, 4.69) is 21.9 Å². The summed E-state index contributed by atoms with van der Waals surface area (Å²) in [6.45, 7) is 3.19. The zero-order chi connectivity index (χ0) is 12.0. The van der Waals surface area contributed by atoms with Crippen LogP contribution in [0.5, 0.6) is 5.88 Å². The second-order valence-corrected chi connectivity index (χ2v) is 4.98. The molecule has 2 aromatic rings. The minimum Gasteiger partial charge on any atom is -0.479 e. The van der Waals surface area contributed by atoms with E-state index in [-0.39, 0.29) is 0 Å². The lowest BCUT2D eigenvalue weighted by Crippen LogP contribution is -2.02. The lowest BCUT2D eigenvalue weighted by molar-refractivity contribution is 0.401. The van der Waals surface area contributed by atoms with Gasteiger partial charge in [-0.25, -0.2) is 4.98 Å². The predicted octanol–water partition coefficient (Wildman–Crippen LogP) is 2.15. The lowest BCUT2D eigenvalue weighted by atomic mass is 10.3. The van der Waals surface area contributed by atoms with E-state index in [0.29, 0.717) is 10.7 Å². The van der Waals surface area contributed by atoms with E-state index in [9.17, 15) is 0 Å². The molecule has 0 bridgehead atoms. The summed E-state index contributed by atoms with van der Waals surface area (Å²) < 4.78 is 7.93. The van der Waals surface area contributed by atoms with Crippen LogP contribution in [0.3, 0.4) is 0 Å². The number of aromatic amines is 1. The van der Waals surface area contributed by atoms with Gasteiger partial charge in [-0.15, -0.1) is 0 Å². The second kappa shape index (κ2) is 3.80. The predicted molar refractivity (Wildman–Crippen MR) is 66.5 cm³/mol. The van der Waals surface area contributed by atoms with Crippen molar-refractivity contribution in [2.45, 2.75) is 19.9 Å². The van der Waals surface area contributed by atoms with Crippen molar-refractivity contribution in [1.82, 2.24) is 19.5 Å². The average molecular weight is 250 g/mol. The molecule has 1 fully saturated rings. The van der Waals surface area contributed by atoms with E-state index in [1.54, 1.807) is 7.11 Å². The average Bonchev–Trinajstić information content (AvgIpc) is 2.92. The van der Waals surface area contributed by atoms with E-state index in [4.69, 9.17) is 17.0 Å². The smallest absolute Gasteiger partial charge is 0.242 e. The van der Waals surface area contributed by atoms with Crippen LogP contribution in [-0.2, 0) is 6.54 Å². The van der Waals surface area contributed by atoms with Gasteiger partial charge in [-0.05, 0) is 30.5 Å². The summed E-state index contributed by atoms with van der Waals surface area (Å²) in [5.41, 5.74) is 1.62. The van der Waals surface area contributed by atoms with Gasteiger partial charge in [-0.3, -0.25) is 0 Å². The number of ether oxygens (including phenoxy) is 1. The molecule has 1 N–H and O–H groups in total. The van der Waals surface area contributed by atoms with Crippen molar-refractivity contribution < 1.29 is 4.74 Å². The molecule has 0 radical (unpaired) electrons. The molecule has 2 atom stereocenters. The first-order chi connectivity index (χ1) is 8.20. The van der Waals surface area contributed by atoms with Gasteiger partial charge in [0.1, 0.15) is 11.8 Å². The maximum atomic E-state index is 5.33. The summed E-state index contributed by atoms with van der Waals surface area (Å²) in [6, 6.07) is 0. The Morgan fingerprint density at radius 3 is 3.00 bits per heavy atom. The van der Waals surface area contributed by atoms with Gasteiger partial charge in [0.15, 0.2) is 10.4 Å². The Kier molecular flexibility index (Phi) is 2.39. The highest BCUT2D eigenvalue weighted by atomic mass is 32.1. The number of aromatic nitrogens is 4. The van der Waals surface area contributed by atoms with Gasteiger partial charge in [0.25, 0.3) is 0 Å². The van der Waals surface area contributed by atoms with Crippen molar-refractivity contribution in [2.24, 2.45) is 11.8 Å². The Morgan fingerprint density at radius 2 is 2.35 bits per heavy atom. The Morgan fingerprint density at radius 1 is 1.59 bits per heavy atom. The van der Waals surface area contributed by atoms with Crippen molar-refractivity contribution in [3.8, 4) is 5.88 Å². The minimum absolute atomic E-state index is 0.545. The molecule has 3 rings (SSSR count). The molecule has 0 aliphatic heterocycles. The van der Waals surface area contributed by atoms with E-state index >= 15 is 0 Å². The highest BCUT2D eigenvalue weighted by Gasteiger charge is 2.33. The molecule has 0 spiro atoms.